The van der Waals surface area contributed by atoms with Crippen LogP contribution in [0.4, 0.5) is 0 Å². The van der Waals surface area contributed by atoms with E-state index in [9.17, 15) is 0 Å². The summed E-state index contributed by atoms with van der Waals surface area (Å²) in [7, 11) is 1.69. The number of piperidine rings is 1. The van der Waals surface area contributed by atoms with E-state index < -0.39 is 0 Å². The van der Waals surface area contributed by atoms with Gasteiger partial charge in [-0.2, -0.15) is 0 Å². The Morgan fingerprint density at radius 3 is 2.82 bits per heavy atom. The van der Waals surface area contributed by atoms with E-state index in [-0.39, 0.29) is 25.1 Å². The van der Waals surface area contributed by atoms with E-state index >= 15 is 0 Å². The largest absolute Gasteiger partial charge is 0.396 e. The highest BCUT2D eigenvalue weighted by Crippen LogP contribution is 2.13. The van der Waals surface area contributed by atoms with Crippen molar-refractivity contribution in [1.29, 1.82) is 0 Å². The zero-order valence-electron chi connectivity index (χ0n) is 6.75. The molecule has 0 aromatic heterocycles. The van der Waals surface area contributed by atoms with E-state index in [1.807, 2.05) is 0 Å². The van der Waals surface area contributed by atoms with Crippen LogP contribution in [0.15, 0.2) is 0 Å². The number of aliphatic hydroxyl groups is 1. The number of halogens is 1. The Morgan fingerprint density at radius 1 is 1.64 bits per heavy atom. The van der Waals surface area contributed by atoms with Gasteiger partial charge in [0.25, 0.3) is 0 Å². The van der Waals surface area contributed by atoms with Gasteiger partial charge in [0, 0.05) is 26.2 Å². The summed E-state index contributed by atoms with van der Waals surface area (Å²) >= 11 is 0. The number of ether oxygens (including phenoxy) is 1. The van der Waals surface area contributed by atoms with Gasteiger partial charge in [-0.05, 0) is 13.0 Å². The number of hydrogen-bond donors (Lipinski definition) is 2. The van der Waals surface area contributed by atoms with E-state index in [1.54, 1.807) is 7.11 Å². The summed E-state index contributed by atoms with van der Waals surface area (Å²) in [6.45, 7) is 2.13. The van der Waals surface area contributed by atoms with E-state index in [4.69, 9.17) is 9.84 Å². The van der Waals surface area contributed by atoms with E-state index in [1.165, 1.54) is 0 Å². The maximum absolute atomic E-state index is 8.88. The molecule has 4 heteroatoms. The van der Waals surface area contributed by atoms with E-state index in [2.05, 4.69) is 5.32 Å². The van der Waals surface area contributed by atoms with Gasteiger partial charge >= 0.3 is 0 Å². The van der Waals surface area contributed by atoms with Gasteiger partial charge in [-0.15, -0.1) is 12.4 Å². The summed E-state index contributed by atoms with van der Waals surface area (Å²) in [6.07, 6.45) is 1.23. The topological polar surface area (TPSA) is 41.5 Å². The zero-order chi connectivity index (χ0) is 7.40. The molecule has 0 bridgehead atoms. The summed E-state index contributed by atoms with van der Waals surface area (Å²) < 4.78 is 5.17. The van der Waals surface area contributed by atoms with Crippen molar-refractivity contribution in [3.63, 3.8) is 0 Å². The molecule has 0 spiro atoms. The molecule has 0 amide bonds. The second kappa shape index (κ2) is 5.77. The second-order valence-corrected chi connectivity index (χ2v) is 2.71. The van der Waals surface area contributed by atoms with Crippen LogP contribution in [0.3, 0.4) is 0 Å². The first-order valence-electron chi connectivity index (χ1n) is 3.73. The molecule has 3 nitrogen and oxygen atoms in total. The van der Waals surface area contributed by atoms with Gasteiger partial charge in [0.2, 0.25) is 0 Å². The van der Waals surface area contributed by atoms with Crippen molar-refractivity contribution in [1.82, 2.24) is 5.32 Å². The van der Waals surface area contributed by atoms with E-state index in [0.717, 1.165) is 19.5 Å². The molecule has 11 heavy (non-hydrogen) atoms. The van der Waals surface area contributed by atoms with Crippen molar-refractivity contribution in [3.05, 3.63) is 0 Å². The molecule has 0 aromatic carbocycles. The van der Waals surface area contributed by atoms with Crippen LogP contribution in [0.2, 0.25) is 0 Å². The average Bonchev–Trinajstić information content (AvgIpc) is 2.04. The molecule has 1 heterocycles. The molecule has 0 saturated carbocycles. The lowest BCUT2D eigenvalue weighted by Crippen LogP contribution is -2.43. The van der Waals surface area contributed by atoms with Gasteiger partial charge < -0.3 is 15.2 Å². The first kappa shape index (κ1) is 11.2. The van der Waals surface area contributed by atoms with Crippen LogP contribution in [0.1, 0.15) is 6.42 Å². The zero-order valence-corrected chi connectivity index (χ0v) is 7.56. The standard InChI is InChI=1S/C7H15NO2.ClH/c1-10-7-4-8-3-2-6(7)5-9;/h6-9H,2-5H2,1H3;1H/t6-,7-;/m1./s1. The van der Waals surface area contributed by atoms with E-state index in [0.29, 0.717) is 5.92 Å². The predicted molar refractivity (Wildman–Crippen MR) is 46.1 cm³/mol. The Kier molecular flexibility index (Phi) is 5.86. The molecule has 0 aromatic rings. The summed E-state index contributed by atoms with van der Waals surface area (Å²) in [5.74, 6) is 0.339. The van der Waals surface area contributed by atoms with Gasteiger partial charge in [0.1, 0.15) is 0 Å². The molecule has 0 aliphatic carbocycles. The van der Waals surface area contributed by atoms with Crippen LogP contribution in [-0.2, 0) is 4.74 Å². The third-order valence-corrected chi connectivity index (χ3v) is 2.10. The molecule has 1 rings (SSSR count). The monoisotopic (exact) mass is 181 g/mol. The Balaban J connectivity index is 0.000001000. The average molecular weight is 182 g/mol. The van der Waals surface area contributed by atoms with Crippen LogP contribution in [0, 0.1) is 5.92 Å². The van der Waals surface area contributed by atoms with Gasteiger partial charge in [-0.3, -0.25) is 0 Å². The fourth-order valence-electron chi connectivity index (χ4n) is 1.37. The number of hydrogen-bond acceptors (Lipinski definition) is 3. The molecule has 1 saturated heterocycles. The Bertz CT molecular complexity index is 90.4. The second-order valence-electron chi connectivity index (χ2n) is 2.71. The van der Waals surface area contributed by atoms with Crippen LogP contribution < -0.4 is 5.32 Å². The number of aliphatic hydroxyl groups excluding tert-OH is 1. The van der Waals surface area contributed by atoms with Gasteiger partial charge in [-0.1, -0.05) is 0 Å². The van der Waals surface area contributed by atoms with Crippen LogP contribution >= 0.6 is 12.4 Å². The van der Waals surface area contributed by atoms with Crippen molar-refractivity contribution < 1.29 is 9.84 Å². The summed E-state index contributed by atoms with van der Waals surface area (Å²) in [6, 6.07) is 0. The van der Waals surface area contributed by atoms with Crippen molar-refractivity contribution in [2.45, 2.75) is 12.5 Å². The fraction of sp³-hybridized carbons (Fsp3) is 1.00. The predicted octanol–water partition coefficient (Wildman–Crippen LogP) is 0.0250. The molecule has 1 fully saturated rings. The van der Waals surface area contributed by atoms with Crippen LogP contribution in [-0.4, -0.2) is 38.0 Å². The highest BCUT2D eigenvalue weighted by Gasteiger charge is 2.23. The van der Waals surface area contributed by atoms with Crippen LogP contribution in [0.25, 0.3) is 0 Å². The quantitative estimate of drug-likeness (QED) is 0.632. The summed E-state index contributed by atoms with van der Waals surface area (Å²) in [4.78, 5) is 0. The van der Waals surface area contributed by atoms with Gasteiger partial charge in [-0.25, -0.2) is 0 Å². The molecular weight excluding hydrogens is 166 g/mol. The minimum Gasteiger partial charge on any atom is -0.396 e. The third-order valence-electron chi connectivity index (χ3n) is 2.10. The molecular formula is C7H16ClNO2. The SMILES string of the molecule is CO[C@@H]1CNCC[C@@H]1CO.Cl. The highest BCUT2D eigenvalue weighted by molar-refractivity contribution is 5.85. The number of nitrogens with one attached hydrogen (secondary N) is 1. The highest BCUT2D eigenvalue weighted by atomic mass is 35.5. The Morgan fingerprint density at radius 2 is 2.36 bits per heavy atom. The first-order chi connectivity index (χ1) is 4.88. The third kappa shape index (κ3) is 2.95. The fourth-order valence-corrected chi connectivity index (χ4v) is 1.37. The van der Waals surface area contributed by atoms with Crippen molar-refractivity contribution in [2.75, 3.05) is 26.8 Å². The van der Waals surface area contributed by atoms with Crippen molar-refractivity contribution >= 4 is 12.4 Å². The number of methoxy groups -OCH3 is 1. The molecule has 0 unspecified atom stereocenters. The minimum atomic E-state index is 0. The lowest BCUT2D eigenvalue weighted by atomic mass is 9.96. The molecule has 2 N–H and O–H groups in total. The lowest BCUT2D eigenvalue weighted by Gasteiger charge is -2.29. The van der Waals surface area contributed by atoms with Crippen LogP contribution in [0.5, 0.6) is 0 Å². The lowest BCUT2D eigenvalue weighted by molar-refractivity contribution is 0.00954. The van der Waals surface area contributed by atoms with Gasteiger partial charge in [0.15, 0.2) is 0 Å². The van der Waals surface area contributed by atoms with Gasteiger partial charge in [0.05, 0.1) is 6.10 Å². The Hall–Kier alpha value is 0.170. The first-order valence-corrected chi connectivity index (χ1v) is 3.73. The summed E-state index contributed by atoms with van der Waals surface area (Å²) in [5.41, 5.74) is 0. The normalized spacial score (nSPS) is 31.1. The smallest absolute Gasteiger partial charge is 0.0746 e. The maximum atomic E-state index is 8.88. The Labute approximate surface area is 73.5 Å². The van der Waals surface area contributed by atoms with Crippen molar-refractivity contribution in [2.24, 2.45) is 5.92 Å². The molecule has 1 aliphatic rings. The summed E-state index contributed by atoms with van der Waals surface area (Å²) in [5, 5.41) is 12.1. The number of rotatable bonds is 2. The maximum Gasteiger partial charge on any atom is 0.0746 e. The molecule has 2 atom stereocenters. The molecule has 1 aliphatic heterocycles. The van der Waals surface area contributed by atoms with Crippen molar-refractivity contribution in [3.8, 4) is 0 Å². The molecule has 0 radical (unpaired) electrons. The minimum absolute atomic E-state index is 0. The molecule has 68 valence electrons.